The molecule has 0 spiro atoms. The van der Waals surface area contributed by atoms with Crippen LogP contribution in [0.15, 0.2) is 4.79 Å². The lowest BCUT2D eigenvalue weighted by Crippen LogP contribution is -2.29. The number of aryl methyl sites for hydroxylation is 1. The van der Waals surface area contributed by atoms with Gasteiger partial charge in [-0.3, -0.25) is 9.36 Å². The van der Waals surface area contributed by atoms with Gasteiger partial charge < -0.3 is 4.98 Å². The van der Waals surface area contributed by atoms with E-state index in [-0.39, 0.29) is 5.56 Å². The van der Waals surface area contributed by atoms with Gasteiger partial charge in [0.25, 0.3) is 5.56 Å². The van der Waals surface area contributed by atoms with Crippen LogP contribution in [0.5, 0.6) is 0 Å². The van der Waals surface area contributed by atoms with Crippen molar-refractivity contribution >= 4 is 33.8 Å². The number of aromatic nitrogens is 2. The quantitative estimate of drug-likeness (QED) is 0.782. The summed E-state index contributed by atoms with van der Waals surface area (Å²) in [7, 11) is 0. The average Bonchev–Trinajstić information content (AvgIpc) is 2.88. The Hall–Kier alpha value is -0.940. The molecular weight excluding hydrogens is 324 g/mol. The summed E-state index contributed by atoms with van der Waals surface area (Å²) in [4.78, 5) is 18.6. The lowest BCUT2D eigenvalue weighted by atomic mass is 9.70. The van der Waals surface area contributed by atoms with Gasteiger partial charge in [0.15, 0.2) is 4.77 Å². The van der Waals surface area contributed by atoms with E-state index in [1.54, 1.807) is 15.9 Å². The average molecular weight is 351 g/mol. The zero-order valence-electron chi connectivity index (χ0n) is 14.5. The molecule has 0 fully saturated rings. The van der Waals surface area contributed by atoms with Crippen LogP contribution in [-0.2, 0) is 19.4 Å². The minimum absolute atomic E-state index is 0.108. The lowest BCUT2D eigenvalue weighted by molar-refractivity contribution is 0.184. The van der Waals surface area contributed by atoms with Crippen molar-refractivity contribution in [3.63, 3.8) is 0 Å². The Morgan fingerprint density at radius 3 is 2.78 bits per heavy atom. The summed E-state index contributed by atoms with van der Waals surface area (Å²) in [6.45, 7) is 9.79. The molecule has 0 bridgehead atoms. The maximum atomic E-state index is 12.9. The van der Waals surface area contributed by atoms with Crippen LogP contribution in [0.25, 0.3) is 10.2 Å². The summed E-state index contributed by atoms with van der Waals surface area (Å²) in [5, 5.41) is 0.903. The van der Waals surface area contributed by atoms with Gasteiger partial charge in [0, 0.05) is 11.4 Å². The molecular formula is C18H26N2OS2. The predicted molar refractivity (Wildman–Crippen MR) is 101 cm³/mol. The summed E-state index contributed by atoms with van der Waals surface area (Å²) < 4.78 is 2.29. The zero-order valence-corrected chi connectivity index (χ0v) is 16.1. The standard InChI is InChI=1S/C18H26N2OS2/c1-5-9-20-16(21)14-12-8-7-11(18(3,4)6-2)10-13(12)23-15(14)19-17(20)22/h11H,5-10H2,1-4H3,(H,19,22)/t11-/m0/s1. The number of fused-ring (bicyclic) bond motifs is 3. The molecule has 0 radical (unpaired) electrons. The summed E-state index contributed by atoms with van der Waals surface area (Å²) in [5.74, 6) is 0.703. The second-order valence-electron chi connectivity index (χ2n) is 7.38. The van der Waals surface area contributed by atoms with Crippen molar-refractivity contribution in [2.45, 2.75) is 66.3 Å². The number of aromatic amines is 1. The Bertz CT molecular complexity index is 841. The fourth-order valence-corrected chi connectivity index (χ4v) is 5.33. The van der Waals surface area contributed by atoms with Crippen molar-refractivity contribution in [1.82, 2.24) is 9.55 Å². The molecule has 1 N–H and O–H groups in total. The van der Waals surface area contributed by atoms with E-state index in [0.717, 1.165) is 29.5 Å². The summed E-state index contributed by atoms with van der Waals surface area (Å²) in [6.07, 6.45) is 5.42. The molecule has 0 aromatic carbocycles. The molecule has 0 unspecified atom stereocenters. The first-order valence-electron chi connectivity index (χ1n) is 8.66. The Morgan fingerprint density at radius 2 is 2.13 bits per heavy atom. The molecule has 1 aliphatic carbocycles. The second kappa shape index (κ2) is 6.17. The smallest absolute Gasteiger partial charge is 0.263 e. The predicted octanol–water partition coefficient (Wildman–Crippen LogP) is 5.07. The zero-order chi connectivity index (χ0) is 16.8. The minimum Gasteiger partial charge on any atom is -0.323 e. The van der Waals surface area contributed by atoms with Crippen LogP contribution in [0, 0.1) is 16.1 Å². The largest absolute Gasteiger partial charge is 0.323 e. The number of hydrogen-bond donors (Lipinski definition) is 1. The highest BCUT2D eigenvalue weighted by Gasteiger charge is 2.33. The van der Waals surface area contributed by atoms with E-state index >= 15 is 0 Å². The molecule has 2 aromatic rings. The molecule has 23 heavy (non-hydrogen) atoms. The highest BCUT2D eigenvalue weighted by atomic mass is 32.1. The molecule has 2 aromatic heterocycles. The van der Waals surface area contributed by atoms with Gasteiger partial charge in [-0.15, -0.1) is 11.3 Å². The topological polar surface area (TPSA) is 37.8 Å². The molecule has 2 heterocycles. The third-order valence-corrected chi connectivity index (χ3v) is 7.15. The highest BCUT2D eigenvalue weighted by Crippen LogP contribution is 2.43. The highest BCUT2D eigenvalue weighted by molar-refractivity contribution is 7.71. The van der Waals surface area contributed by atoms with E-state index in [4.69, 9.17) is 12.2 Å². The summed E-state index contributed by atoms with van der Waals surface area (Å²) in [5.41, 5.74) is 1.76. The Labute approximate surface area is 146 Å². The van der Waals surface area contributed by atoms with Gasteiger partial charge in [0.2, 0.25) is 0 Å². The van der Waals surface area contributed by atoms with Crippen LogP contribution in [0.4, 0.5) is 0 Å². The number of nitrogens with one attached hydrogen (secondary N) is 1. The first-order chi connectivity index (χ1) is 10.9. The number of hydrogen-bond acceptors (Lipinski definition) is 3. The lowest BCUT2D eigenvalue weighted by Gasteiger charge is -2.36. The normalized spacial score (nSPS) is 18.3. The summed E-state index contributed by atoms with van der Waals surface area (Å²) >= 11 is 7.14. The minimum atomic E-state index is 0.108. The second-order valence-corrected chi connectivity index (χ2v) is 8.87. The molecule has 1 atom stereocenters. The number of rotatable bonds is 4. The third-order valence-electron chi connectivity index (χ3n) is 5.65. The van der Waals surface area contributed by atoms with E-state index in [1.165, 1.54) is 23.3 Å². The van der Waals surface area contributed by atoms with Gasteiger partial charge >= 0.3 is 0 Å². The molecule has 0 amide bonds. The van der Waals surface area contributed by atoms with Gasteiger partial charge in [-0.05, 0) is 54.8 Å². The monoisotopic (exact) mass is 350 g/mol. The van der Waals surface area contributed by atoms with Gasteiger partial charge in [0.1, 0.15) is 4.83 Å². The van der Waals surface area contributed by atoms with Crippen LogP contribution >= 0.6 is 23.6 Å². The third kappa shape index (κ3) is 2.82. The fraction of sp³-hybridized carbons (Fsp3) is 0.667. The van der Waals surface area contributed by atoms with Crippen LogP contribution < -0.4 is 5.56 Å². The van der Waals surface area contributed by atoms with E-state index in [0.29, 0.717) is 22.6 Å². The molecule has 5 heteroatoms. The maximum absolute atomic E-state index is 12.9. The van der Waals surface area contributed by atoms with Crippen LogP contribution in [-0.4, -0.2) is 9.55 Å². The van der Waals surface area contributed by atoms with Crippen LogP contribution in [0.1, 0.15) is 57.4 Å². The van der Waals surface area contributed by atoms with E-state index in [2.05, 4.69) is 32.7 Å². The molecule has 1 aliphatic rings. The van der Waals surface area contributed by atoms with Gasteiger partial charge in [-0.1, -0.05) is 34.1 Å². The molecule has 3 nitrogen and oxygen atoms in total. The first-order valence-corrected chi connectivity index (χ1v) is 9.88. The van der Waals surface area contributed by atoms with Crippen molar-refractivity contribution in [2.75, 3.05) is 0 Å². The molecule has 0 saturated carbocycles. The van der Waals surface area contributed by atoms with Crippen molar-refractivity contribution in [3.05, 3.63) is 25.6 Å². The Morgan fingerprint density at radius 1 is 1.39 bits per heavy atom. The number of nitrogens with zero attached hydrogens (tertiary/aromatic N) is 1. The number of H-pyrrole nitrogens is 1. The maximum Gasteiger partial charge on any atom is 0.263 e. The van der Waals surface area contributed by atoms with E-state index < -0.39 is 0 Å². The van der Waals surface area contributed by atoms with E-state index in [1.807, 2.05) is 0 Å². The molecule has 0 saturated heterocycles. The van der Waals surface area contributed by atoms with Crippen molar-refractivity contribution in [3.8, 4) is 0 Å². The fourth-order valence-electron chi connectivity index (χ4n) is 3.67. The van der Waals surface area contributed by atoms with E-state index in [9.17, 15) is 4.79 Å². The van der Waals surface area contributed by atoms with Gasteiger partial charge in [0.05, 0.1) is 5.39 Å². The summed E-state index contributed by atoms with van der Waals surface area (Å²) in [6, 6.07) is 0. The molecule has 126 valence electrons. The van der Waals surface area contributed by atoms with Crippen LogP contribution in [0.2, 0.25) is 0 Å². The van der Waals surface area contributed by atoms with Gasteiger partial charge in [-0.2, -0.15) is 0 Å². The Kier molecular flexibility index (Phi) is 4.53. The van der Waals surface area contributed by atoms with Crippen molar-refractivity contribution < 1.29 is 0 Å². The number of thiophene rings is 1. The molecule has 0 aliphatic heterocycles. The van der Waals surface area contributed by atoms with Crippen molar-refractivity contribution in [1.29, 1.82) is 0 Å². The first kappa shape index (κ1) is 16.9. The van der Waals surface area contributed by atoms with Crippen LogP contribution in [0.3, 0.4) is 0 Å². The van der Waals surface area contributed by atoms with Crippen molar-refractivity contribution in [2.24, 2.45) is 11.3 Å². The molecule has 3 rings (SSSR count). The van der Waals surface area contributed by atoms with Gasteiger partial charge in [-0.25, -0.2) is 0 Å². The SMILES string of the molecule is CCCn1c(=S)[nH]c2sc3c(c2c1=O)CC[C@H](C(C)(C)CC)C3. The Balaban J connectivity index is 2.12.